The summed E-state index contributed by atoms with van der Waals surface area (Å²) >= 11 is 0. The molecular formula is C13H23N2O12P+2. The van der Waals surface area contributed by atoms with E-state index in [-0.39, 0.29) is 0 Å². The first-order valence-electron chi connectivity index (χ1n) is 7.78. The monoisotopic (exact) mass is 430 g/mol. The Morgan fingerprint density at radius 2 is 1.68 bits per heavy atom. The van der Waals surface area contributed by atoms with Gasteiger partial charge in [0.05, 0.1) is 13.8 Å². The summed E-state index contributed by atoms with van der Waals surface area (Å²) in [6.07, 6.45) is -6.85. The number of hydrogen-bond donors (Lipinski definition) is 2. The van der Waals surface area contributed by atoms with E-state index in [1.54, 1.807) is 0 Å². The number of carbonyl (C=O) groups excluding carboxylic acids is 3. The van der Waals surface area contributed by atoms with Crippen LogP contribution in [0, 0.1) is 0 Å². The summed E-state index contributed by atoms with van der Waals surface area (Å²) in [5.74, 6) is 7.53. The van der Waals surface area contributed by atoms with Crippen molar-refractivity contribution in [1.29, 1.82) is 0 Å². The van der Waals surface area contributed by atoms with Crippen molar-refractivity contribution in [2.75, 3.05) is 13.7 Å². The highest BCUT2D eigenvalue weighted by Crippen LogP contribution is 2.53. The molecule has 0 aliphatic carbocycles. The molecule has 1 aliphatic rings. The zero-order valence-electron chi connectivity index (χ0n) is 15.6. The number of ether oxygens (including phenoxy) is 5. The highest BCUT2D eigenvalue weighted by Gasteiger charge is 2.60. The van der Waals surface area contributed by atoms with E-state index < -0.39 is 63.4 Å². The highest BCUT2D eigenvalue weighted by molar-refractivity contribution is 7.53. The molecule has 0 aromatic carbocycles. The predicted molar refractivity (Wildman–Crippen MR) is 85.7 cm³/mol. The number of carbonyl (C=O) groups is 3. The van der Waals surface area contributed by atoms with Gasteiger partial charge in [-0.25, -0.2) is 0 Å². The van der Waals surface area contributed by atoms with Gasteiger partial charge in [0.1, 0.15) is 0 Å². The molecule has 0 saturated carbocycles. The van der Waals surface area contributed by atoms with Crippen LogP contribution in [0.2, 0.25) is 0 Å². The van der Waals surface area contributed by atoms with Crippen molar-refractivity contribution in [1.82, 2.24) is 0 Å². The zero-order valence-corrected chi connectivity index (χ0v) is 16.5. The maximum Gasteiger partial charge on any atom is 0.571 e. The smallest absolute Gasteiger partial charge is 0.571 e. The number of nitrogens with two attached hydrogens (primary N) is 2. The SMILES string of the molecule is CO[C@@H]1O[C@H](COC(C)=[O+])[C@H](OC(C)=[O+])[C@H](O[P+]([O-])(ON)ON)[C@H]1OC(C)=O. The molecule has 0 amide bonds. The molecule has 1 fully saturated rings. The number of methoxy groups -OCH3 is 1. The van der Waals surface area contributed by atoms with E-state index in [9.17, 15) is 19.3 Å². The third kappa shape index (κ3) is 6.84. The zero-order chi connectivity index (χ0) is 21.5. The first-order valence-corrected chi connectivity index (χ1v) is 9.24. The summed E-state index contributed by atoms with van der Waals surface area (Å²) < 4.78 is 39.3. The number of esters is 3. The van der Waals surface area contributed by atoms with Gasteiger partial charge >= 0.3 is 26.1 Å². The molecule has 15 heteroatoms. The first kappa shape index (κ1) is 24.6. The lowest BCUT2D eigenvalue weighted by Crippen LogP contribution is -2.62. The molecular weight excluding hydrogens is 407 g/mol. The van der Waals surface area contributed by atoms with Gasteiger partial charge in [-0.3, -0.25) is 4.79 Å². The maximum atomic E-state index is 12.3. The summed E-state index contributed by atoms with van der Waals surface area (Å²) in [6, 6.07) is 0. The Morgan fingerprint density at radius 3 is 2.11 bits per heavy atom. The van der Waals surface area contributed by atoms with Gasteiger partial charge in [0.2, 0.25) is 12.7 Å². The van der Waals surface area contributed by atoms with E-state index in [0.717, 1.165) is 20.8 Å². The number of phosphoric acid groups is 1. The van der Waals surface area contributed by atoms with Crippen LogP contribution in [0.5, 0.6) is 0 Å². The predicted octanol–water partition coefficient (Wildman–Crippen LogP) is -2.01. The molecule has 2 radical (unpaired) electrons. The van der Waals surface area contributed by atoms with Gasteiger partial charge in [0, 0.05) is 23.6 Å². The van der Waals surface area contributed by atoms with E-state index in [0.29, 0.717) is 0 Å². The fraction of sp³-hybridized carbons (Fsp3) is 0.769. The van der Waals surface area contributed by atoms with E-state index in [4.69, 9.17) is 40.0 Å². The quantitative estimate of drug-likeness (QED) is 0.133. The molecule has 5 atom stereocenters. The van der Waals surface area contributed by atoms with Crippen molar-refractivity contribution in [3.63, 3.8) is 0 Å². The van der Waals surface area contributed by atoms with Crippen LogP contribution >= 0.6 is 8.17 Å². The van der Waals surface area contributed by atoms with Crippen molar-refractivity contribution >= 4 is 26.1 Å². The lowest BCUT2D eigenvalue weighted by atomic mass is 9.98. The lowest BCUT2D eigenvalue weighted by Gasteiger charge is -2.40. The Hall–Kier alpha value is -1.48. The lowest BCUT2D eigenvalue weighted by molar-refractivity contribution is -0.314. The summed E-state index contributed by atoms with van der Waals surface area (Å²) in [7, 11) is -3.34. The Morgan fingerprint density at radius 1 is 1.07 bits per heavy atom. The second-order valence-electron chi connectivity index (χ2n) is 5.46. The van der Waals surface area contributed by atoms with Gasteiger partial charge in [-0.2, -0.15) is 16.3 Å². The van der Waals surface area contributed by atoms with Crippen molar-refractivity contribution in [3.05, 3.63) is 0 Å². The third-order valence-electron chi connectivity index (χ3n) is 3.39. The normalized spacial score (nSPS) is 27.8. The van der Waals surface area contributed by atoms with Crippen molar-refractivity contribution in [2.24, 2.45) is 11.8 Å². The minimum Gasteiger partial charge on any atom is -0.603 e. The summed E-state index contributed by atoms with van der Waals surface area (Å²) in [5.41, 5.74) is 0. The molecule has 1 rings (SSSR count). The second-order valence-corrected chi connectivity index (χ2v) is 6.98. The number of hydrogen-bond acceptors (Lipinski definition) is 14. The standard InChI is InChI=1S/C13H23N2O12P/c1-6(16)21-5-9-10(22-7(2)17)11(25-28(19,26-14)27-15)12(23-8(3)18)13(20-4)24-9/h9-13H,5,14-15H2,1-4H3/q+2/t9-,10+,11+,12-,13-/m1/s1. The highest BCUT2D eigenvalue weighted by atomic mass is 31.2. The van der Waals surface area contributed by atoms with E-state index >= 15 is 0 Å². The van der Waals surface area contributed by atoms with Crippen molar-refractivity contribution in [3.8, 4) is 0 Å². The van der Waals surface area contributed by atoms with Gasteiger partial charge in [-0.15, -0.1) is 0 Å². The van der Waals surface area contributed by atoms with Crippen LogP contribution in [0.25, 0.3) is 0 Å². The van der Waals surface area contributed by atoms with Crippen LogP contribution in [-0.2, 0) is 51.8 Å². The molecule has 1 aliphatic heterocycles. The Kier molecular flexibility index (Phi) is 9.56. The summed E-state index contributed by atoms with van der Waals surface area (Å²) in [5, 5.41) is 0. The molecule has 1 heterocycles. The second kappa shape index (κ2) is 10.9. The van der Waals surface area contributed by atoms with Gasteiger partial charge in [-0.05, 0) is 0 Å². The number of rotatable bonds is 9. The average molecular weight is 430 g/mol. The third-order valence-corrected chi connectivity index (χ3v) is 4.41. The van der Waals surface area contributed by atoms with Crippen LogP contribution in [0.1, 0.15) is 20.8 Å². The molecule has 0 bridgehead atoms. The molecule has 14 nitrogen and oxygen atoms in total. The summed E-state index contributed by atoms with van der Waals surface area (Å²) in [4.78, 5) is 46.5. The minimum atomic E-state index is -4.56. The van der Waals surface area contributed by atoms with Crippen LogP contribution in [0.3, 0.4) is 0 Å². The largest absolute Gasteiger partial charge is 0.603 e. The maximum absolute atomic E-state index is 12.3. The Labute approximate surface area is 160 Å². The molecule has 160 valence electrons. The molecule has 0 unspecified atom stereocenters. The molecule has 28 heavy (non-hydrogen) atoms. The van der Waals surface area contributed by atoms with Crippen LogP contribution in [-0.4, -0.2) is 62.3 Å². The molecule has 1 saturated heterocycles. The Bertz CT molecular complexity index is 560. The topological polar surface area (TPSA) is 206 Å². The minimum absolute atomic E-state index is 0.406. The van der Waals surface area contributed by atoms with Crippen molar-refractivity contribution in [2.45, 2.75) is 51.5 Å². The fourth-order valence-electron chi connectivity index (χ4n) is 2.40. The van der Waals surface area contributed by atoms with Gasteiger partial charge in [-0.1, -0.05) is 9.25 Å². The van der Waals surface area contributed by atoms with Gasteiger partial charge in [0.15, 0.2) is 18.5 Å². The molecule has 4 N–H and O–H groups in total. The molecule has 0 spiro atoms. The van der Waals surface area contributed by atoms with Crippen molar-refractivity contribution < 1.29 is 56.7 Å². The first-order chi connectivity index (χ1) is 13.1. The van der Waals surface area contributed by atoms with E-state index in [1.807, 2.05) is 0 Å². The molecule has 0 aromatic rings. The van der Waals surface area contributed by atoms with Gasteiger partial charge < -0.3 is 28.6 Å². The fourth-order valence-corrected chi connectivity index (χ4v) is 3.08. The van der Waals surface area contributed by atoms with E-state index in [1.165, 1.54) is 7.11 Å². The average Bonchev–Trinajstić information content (AvgIpc) is 2.62. The molecule has 0 aromatic heterocycles. The van der Waals surface area contributed by atoms with Crippen LogP contribution in [0.15, 0.2) is 0 Å². The van der Waals surface area contributed by atoms with Gasteiger partial charge in [0.25, 0.3) is 6.10 Å². The van der Waals surface area contributed by atoms with Crippen LogP contribution < -0.4 is 16.7 Å². The Balaban J connectivity index is 3.32. The van der Waals surface area contributed by atoms with E-state index in [2.05, 4.69) is 9.25 Å². The summed E-state index contributed by atoms with van der Waals surface area (Å²) in [6.45, 7) is 2.89. The van der Waals surface area contributed by atoms with Crippen LogP contribution in [0.4, 0.5) is 0 Å².